The first-order chi connectivity index (χ1) is 12.3. The van der Waals surface area contributed by atoms with Crippen molar-refractivity contribution in [3.05, 3.63) is 34.9 Å². The quantitative estimate of drug-likeness (QED) is 0.786. The van der Waals surface area contributed by atoms with Gasteiger partial charge in [-0.2, -0.15) is 0 Å². The van der Waals surface area contributed by atoms with Crippen molar-refractivity contribution in [3.8, 4) is 0 Å². The first kappa shape index (κ1) is 18.2. The summed E-state index contributed by atoms with van der Waals surface area (Å²) in [5.74, 6) is 1.21. The lowest BCUT2D eigenvalue weighted by molar-refractivity contribution is 0.136. The van der Waals surface area contributed by atoms with Crippen LogP contribution in [0.25, 0.3) is 0 Å². The molecule has 4 heteroatoms. The summed E-state index contributed by atoms with van der Waals surface area (Å²) >= 11 is 0. The standard InChI is InChI=1S/C21H31NO3/c1-2-24-11-3-5-16-7-8-18-14-19(10-9-17(18)13-16)20-6-4-12-25-21(23)22-15-20/h9-10,14,16,20H,2-8,11-13,15H2,1H3,(H,22,23)/t16-,20+/m1/s1. The van der Waals surface area contributed by atoms with Crippen molar-refractivity contribution in [2.45, 2.75) is 57.8 Å². The first-order valence-electron chi connectivity index (χ1n) is 9.86. The molecule has 0 unspecified atom stereocenters. The minimum Gasteiger partial charge on any atom is -0.450 e. The molecule has 1 aromatic carbocycles. The van der Waals surface area contributed by atoms with Gasteiger partial charge in [0, 0.05) is 25.7 Å². The third-order valence-electron chi connectivity index (χ3n) is 5.56. The van der Waals surface area contributed by atoms with Gasteiger partial charge in [-0.3, -0.25) is 0 Å². The number of cyclic esters (lactones) is 1. The maximum Gasteiger partial charge on any atom is 0.407 e. The van der Waals surface area contributed by atoms with Gasteiger partial charge in [0.2, 0.25) is 0 Å². The zero-order chi connectivity index (χ0) is 17.5. The topological polar surface area (TPSA) is 47.6 Å². The van der Waals surface area contributed by atoms with Gasteiger partial charge in [0.05, 0.1) is 6.61 Å². The van der Waals surface area contributed by atoms with Crippen LogP contribution in [0.15, 0.2) is 18.2 Å². The van der Waals surface area contributed by atoms with E-state index in [9.17, 15) is 4.79 Å². The van der Waals surface area contributed by atoms with Crippen LogP contribution in [0.4, 0.5) is 4.79 Å². The number of benzene rings is 1. The molecule has 2 aliphatic rings. The van der Waals surface area contributed by atoms with Crippen molar-refractivity contribution in [1.82, 2.24) is 5.32 Å². The molecular weight excluding hydrogens is 314 g/mol. The highest BCUT2D eigenvalue weighted by Crippen LogP contribution is 2.32. The van der Waals surface area contributed by atoms with Crippen LogP contribution in [0.5, 0.6) is 0 Å². The van der Waals surface area contributed by atoms with E-state index in [0.29, 0.717) is 19.1 Å². The molecule has 4 nitrogen and oxygen atoms in total. The molecule has 25 heavy (non-hydrogen) atoms. The Kier molecular flexibility index (Phi) is 6.74. The summed E-state index contributed by atoms with van der Waals surface area (Å²) in [6.45, 7) is 4.98. The Morgan fingerprint density at radius 3 is 3.08 bits per heavy atom. The van der Waals surface area contributed by atoms with E-state index < -0.39 is 0 Å². The Morgan fingerprint density at radius 1 is 1.28 bits per heavy atom. The smallest absolute Gasteiger partial charge is 0.407 e. The van der Waals surface area contributed by atoms with Crippen molar-refractivity contribution in [2.75, 3.05) is 26.4 Å². The summed E-state index contributed by atoms with van der Waals surface area (Å²) < 4.78 is 10.5. The Morgan fingerprint density at radius 2 is 2.20 bits per heavy atom. The van der Waals surface area contributed by atoms with E-state index in [1.807, 2.05) is 0 Å². The molecule has 1 aromatic rings. The number of hydrogen-bond acceptors (Lipinski definition) is 3. The summed E-state index contributed by atoms with van der Waals surface area (Å²) in [6, 6.07) is 7.00. The molecule has 0 spiro atoms. The summed E-state index contributed by atoms with van der Waals surface area (Å²) in [4.78, 5) is 11.5. The highest BCUT2D eigenvalue weighted by molar-refractivity contribution is 5.67. The normalized spacial score (nSPS) is 23.8. The molecule has 1 saturated heterocycles. The minimum absolute atomic E-state index is 0.280. The number of aryl methyl sites for hydroxylation is 1. The largest absolute Gasteiger partial charge is 0.450 e. The molecule has 0 aromatic heterocycles. The number of ether oxygens (including phenoxy) is 2. The highest BCUT2D eigenvalue weighted by Gasteiger charge is 2.21. The van der Waals surface area contributed by atoms with Crippen LogP contribution in [0, 0.1) is 5.92 Å². The van der Waals surface area contributed by atoms with Gasteiger partial charge in [-0.15, -0.1) is 0 Å². The second-order valence-electron chi connectivity index (χ2n) is 7.33. The van der Waals surface area contributed by atoms with Crippen molar-refractivity contribution >= 4 is 6.09 Å². The fourth-order valence-electron chi connectivity index (χ4n) is 4.11. The van der Waals surface area contributed by atoms with Gasteiger partial charge in [0.25, 0.3) is 0 Å². The molecule has 138 valence electrons. The average molecular weight is 345 g/mol. The van der Waals surface area contributed by atoms with Crippen LogP contribution in [0.2, 0.25) is 0 Å². The molecule has 1 aliphatic heterocycles. The monoisotopic (exact) mass is 345 g/mol. The zero-order valence-electron chi connectivity index (χ0n) is 15.4. The van der Waals surface area contributed by atoms with Gasteiger partial charge in [-0.05, 0) is 74.5 Å². The summed E-state index contributed by atoms with van der Waals surface area (Å²) in [6.07, 6.45) is 7.86. The number of alkyl carbamates (subject to hydrolysis) is 1. The molecule has 0 saturated carbocycles. The number of nitrogens with one attached hydrogen (secondary N) is 1. The fourth-order valence-corrected chi connectivity index (χ4v) is 4.11. The SMILES string of the molecule is CCOCCC[C@@H]1CCc2cc([C@H]3CCCOC(=O)NC3)ccc2C1. The molecule has 1 amide bonds. The van der Waals surface area contributed by atoms with Gasteiger partial charge in [-0.1, -0.05) is 18.2 Å². The Labute approximate surface area is 151 Å². The molecule has 1 fully saturated rings. The molecule has 0 radical (unpaired) electrons. The Bertz CT molecular complexity index is 572. The number of fused-ring (bicyclic) bond motifs is 1. The maximum atomic E-state index is 11.5. The maximum absolute atomic E-state index is 11.5. The van der Waals surface area contributed by atoms with Crippen LogP contribution in [-0.4, -0.2) is 32.5 Å². The zero-order valence-corrected chi connectivity index (χ0v) is 15.4. The molecule has 2 atom stereocenters. The summed E-state index contributed by atoms with van der Waals surface area (Å²) in [7, 11) is 0. The molecule has 1 aliphatic carbocycles. The van der Waals surface area contributed by atoms with E-state index in [0.717, 1.165) is 32.0 Å². The number of carbonyl (C=O) groups is 1. The first-order valence-corrected chi connectivity index (χ1v) is 9.86. The molecular formula is C21H31NO3. The number of carbonyl (C=O) groups excluding carboxylic acids is 1. The van der Waals surface area contributed by atoms with Gasteiger partial charge in [0.15, 0.2) is 0 Å². The average Bonchev–Trinajstić information content (AvgIpc) is 2.62. The molecule has 0 bridgehead atoms. The summed E-state index contributed by atoms with van der Waals surface area (Å²) in [5, 5.41) is 2.88. The van der Waals surface area contributed by atoms with Crippen LogP contribution in [-0.2, 0) is 22.3 Å². The van der Waals surface area contributed by atoms with Crippen LogP contribution in [0.3, 0.4) is 0 Å². The van der Waals surface area contributed by atoms with E-state index in [1.165, 1.54) is 48.8 Å². The lowest BCUT2D eigenvalue weighted by atomic mass is 9.80. The second kappa shape index (κ2) is 9.23. The van der Waals surface area contributed by atoms with Gasteiger partial charge < -0.3 is 14.8 Å². The van der Waals surface area contributed by atoms with E-state index in [2.05, 4.69) is 30.4 Å². The molecule has 1 N–H and O–H groups in total. The van der Waals surface area contributed by atoms with Crippen molar-refractivity contribution < 1.29 is 14.3 Å². The molecule has 3 rings (SSSR count). The van der Waals surface area contributed by atoms with Crippen molar-refractivity contribution in [3.63, 3.8) is 0 Å². The predicted molar refractivity (Wildman–Crippen MR) is 99.0 cm³/mol. The van der Waals surface area contributed by atoms with E-state index >= 15 is 0 Å². The molecule has 1 heterocycles. The predicted octanol–water partition coefficient (Wildman–Crippen LogP) is 4.21. The lowest BCUT2D eigenvalue weighted by Crippen LogP contribution is -2.31. The highest BCUT2D eigenvalue weighted by atomic mass is 16.5. The van der Waals surface area contributed by atoms with E-state index in [-0.39, 0.29) is 6.09 Å². The number of amides is 1. The van der Waals surface area contributed by atoms with E-state index in [4.69, 9.17) is 9.47 Å². The minimum atomic E-state index is -0.280. The van der Waals surface area contributed by atoms with Gasteiger partial charge >= 0.3 is 6.09 Å². The Balaban J connectivity index is 1.58. The van der Waals surface area contributed by atoms with Crippen molar-refractivity contribution in [2.24, 2.45) is 5.92 Å². The van der Waals surface area contributed by atoms with Crippen LogP contribution in [0.1, 0.15) is 61.6 Å². The van der Waals surface area contributed by atoms with Crippen LogP contribution < -0.4 is 5.32 Å². The van der Waals surface area contributed by atoms with Gasteiger partial charge in [0.1, 0.15) is 0 Å². The number of hydrogen-bond donors (Lipinski definition) is 1. The van der Waals surface area contributed by atoms with Crippen LogP contribution >= 0.6 is 0 Å². The second-order valence-corrected chi connectivity index (χ2v) is 7.33. The third-order valence-corrected chi connectivity index (χ3v) is 5.56. The third kappa shape index (κ3) is 5.21. The van der Waals surface area contributed by atoms with E-state index in [1.54, 1.807) is 0 Å². The lowest BCUT2D eigenvalue weighted by Gasteiger charge is -2.27. The Hall–Kier alpha value is -1.55. The summed E-state index contributed by atoms with van der Waals surface area (Å²) in [5.41, 5.74) is 4.41. The fraction of sp³-hybridized carbons (Fsp3) is 0.667. The van der Waals surface area contributed by atoms with Crippen molar-refractivity contribution in [1.29, 1.82) is 0 Å². The number of rotatable bonds is 6. The van der Waals surface area contributed by atoms with Gasteiger partial charge in [-0.25, -0.2) is 4.79 Å².